The summed E-state index contributed by atoms with van der Waals surface area (Å²) in [6.45, 7) is 0.258. The van der Waals surface area contributed by atoms with Gasteiger partial charge in [-0.3, -0.25) is 10.2 Å². The first kappa shape index (κ1) is 12.4. The fourth-order valence-electron chi connectivity index (χ4n) is 3.00. The lowest BCUT2D eigenvalue weighted by molar-refractivity contribution is 0.174. The third-order valence-electron chi connectivity index (χ3n) is 4.06. The van der Waals surface area contributed by atoms with Crippen LogP contribution in [0, 0.1) is 5.82 Å². The van der Waals surface area contributed by atoms with E-state index in [-0.39, 0.29) is 12.6 Å². The van der Waals surface area contributed by atoms with Gasteiger partial charge in [0.2, 0.25) is 6.79 Å². The minimum Gasteiger partial charge on any atom is -0.454 e. The molecule has 0 fully saturated rings. The maximum atomic E-state index is 13.3. The number of nitrogens with one attached hydrogen (secondary N) is 3. The summed E-state index contributed by atoms with van der Waals surface area (Å²) in [4.78, 5) is 0. The van der Waals surface area contributed by atoms with Crippen molar-refractivity contribution in [2.75, 3.05) is 12.1 Å². The predicted octanol–water partition coefficient (Wildman–Crippen LogP) is 4.21. The molecule has 3 N–H and O–H groups in total. The first-order valence-electron chi connectivity index (χ1n) is 7.23. The third kappa shape index (κ3) is 1.85. The molecule has 0 bridgehead atoms. The Morgan fingerprint density at radius 3 is 2.74 bits per heavy atom. The van der Waals surface area contributed by atoms with E-state index in [1.54, 1.807) is 6.07 Å². The van der Waals surface area contributed by atoms with Crippen LogP contribution < -0.4 is 14.8 Å². The molecule has 114 valence electrons. The minimum atomic E-state index is -0.278. The molecular weight excluding hydrogens is 297 g/mol. The monoisotopic (exact) mass is 309 g/mol. The normalized spacial score (nSPS) is 13.1. The van der Waals surface area contributed by atoms with Crippen molar-refractivity contribution in [3.8, 4) is 22.8 Å². The Hall–Kier alpha value is -3.15. The quantitative estimate of drug-likeness (QED) is 0.520. The van der Waals surface area contributed by atoms with Gasteiger partial charge < -0.3 is 14.8 Å². The Labute approximate surface area is 130 Å². The van der Waals surface area contributed by atoms with E-state index in [4.69, 9.17) is 9.47 Å². The Kier molecular flexibility index (Phi) is 2.38. The maximum Gasteiger partial charge on any atom is 0.231 e. The summed E-state index contributed by atoms with van der Waals surface area (Å²) in [5, 5.41) is 11.6. The maximum absolute atomic E-state index is 13.3. The summed E-state index contributed by atoms with van der Waals surface area (Å²) < 4.78 is 24.2. The largest absolute Gasteiger partial charge is 0.454 e. The van der Waals surface area contributed by atoms with Gasteiger partial charge in [-0.15, -0.1) is 0 Å². The average Bonchev–Trinajstić information content (AvgIpc) is 3.21. The summed E-state index contributed by atoms with van der Waals surface area (Å²) in [5.41, 5.74) is 2.65. The van der Waals surface area contributed by atoms with E-state index >= 15 is 0 Å². The molecule has 0 saturated carbocycles. The van der Waals surface area contributed by atoms with Gasteiger partial charge in [0.25, 0.3) is 0 Å². The molecule has 0 radical (unpaired) electrons. The van der Waals surface area contributed by atoms with Crippen molar-refractivity contribution >= 4 is 22.3 Å². The summed E-state index contributed by atoms with van der Waals surface area (Å²) in [6.07, 6.45) is 0. The van der Waals surface area contributed by atoms with Crippen LogP contribution in [0.15, 0.2) is 42.5 Å². The lowest BCUT2D eigenvalue weighted by Crippen LogP contribution is -1.92. The van der Waals surface area contributed by atoms with Crippen LogP contribution in [-0.2, 0) is 0 Å². The van der Waals surface area contributed by atoms with Crippen molar-refractivity contribution in [1.29, 1.82) is 0 Å². The summed E-state index contributed by atoms with van der Waals surface area (Å²) in [6, 6.07) is 12.3. The molecular formula is C17H12FN3O2. The van der Waals surface area contributed by atoms with E-state index in [1.807, 2.05) is 18.2 Å². The fraction of sp³-hybridized carbons (Fsp3) is 0.0588. The van der Waals surface area contributed by atoms with Crippen molar-refractivity contribution in [1.82, 2.24) is 10.2 Å². The number of aromatic nitrogens is 2. The SMILES string of the molecule is Fc1cccc(Nc2[nH][nH]c3c4cc5c(cc4cc2-3)OCO5)c1. The number of rotatable bonds is 2. The predicted molar refractivity (Wildman–Crippen MR) is 85.1 cm³/mol. The standard InChI is InChI=1S/C17H12FN3O2/c18-10-2-1-3-11(6-10)19-17-13-4-9-5-14-15(23-8-22-14)7-12(9)16(13)20-21-17/h1-7,19-21H,8H2. The number of hydrogen-bond acceptors (Lipinski definition) is 3. The minimum absolute atomic E-state index is 0.258. The molecule has 1 aliphatic carbocycles. The number of halogens is 1. The van der Waals surface area contributed by atoms with E-state index in [9.17, 15) is 4.39 Å². The lowest BCUT2D eigenvalue weighted by atomic mass is 10.2. The van der Waals surface area contributed by atoms with Crippen LogP contribution in [0.4, 0.5) is 15.9 Å². The second kappa shape index (κ2) is 4.42. The molecule has 5 rings (SSSR count). The van der Waals surface area contributed by atoms with Crippen LogP contribution in [0.3, 0.4) is 0 Å². The highest BCUT2D eigenvalue weighted by Gasteiger charge is 2.21. The topological polar surface area (TPSA) is 62.1 Å². The zero-order valence-electron chi connectivity index (χ0n) is 11.9. The molecule has 0 aromatic heterocycles. The number of aromatic amines is 2. The number of H-pyrrole nitrogens is 2. The van der Waals surface area contributed by atoms with Crippen LogP contribution in [0.1, 0.15) is 0 Å². The van der Waals surface area contributed by atoms with Gasteiger partial charge in [-0.25, -0.2) is 4.39 Å². The van der Waals surface area contributed by atoms with Gasteiger partial charge in [-0.2, -0.15) is 0 Å². The number of benzene rings is 2. The van der Waals surface area contributed by atoms with Gasteiger partial charge in [0, 0.05) is 16.6 Å². The van der Waals surface area contributed by atoms with Crippen LogP contribution in [0.5, 0.6) is 11.5 Å². The highest BCUT2D eigenvalue weighted by Crippen LogP contribution is 2.44. The van der Waals surface area contributed by atoms with Gasteiger partial charge in [-0.1, -0.05) is 6.07 Å². The summed E-state index contributed by atoms with van der Waals surface area (Å²) in [5.74, 6) is 2.01. The molecule has 23 heavy (non-hydrogen) atoms. The molecule has 6 heteroatoms. The molecule has 2 aromatic rings. The number of hydrogen-bond donors (Lipinski definition) is 3. The Morgan fingerprint density at radius 2 is 1.87 bits per heavy atom. The molecule has 0 unspecified atom stereocenters. The Balaban J connectivity index is 1.60. The second-order valence-corrected chi connectivity index (χ2v) is 5.49. The number of fused-ring (bicyclic) bond motifs is 4. The fourth-order valence-corrected chi connectivity index (χ4v) is 3.00. The molecule has 3 aliphatic rings. The molecule has 0 amide bonds. The first-order valence-corrected chi connectivity index (χ1v) is 7.23. The lowest BCUT2D eigenvalue weighted by Gasteiger charge is -2.04. The van der Waals surface area contributed by atoms with Crippen molar-refractivity contribution < 1.29 is 13.9 Å². The van der Waals surface area contributed by atoms with Crippen molar-refractivity contribution in [2.24, 2.45) is 0 Å². The van der Waals surface area contributed by atoms with Crippen molar-refractivity contribution in [3.05, 3.63) is 48.3 Å². The van der Waals surface area contributed by atoms with Crippen LogP contribution >= 0.6 is 0 Å². The molecule has 2 heterocycles. The molecule has 0 atom stereocenters. The zero-order chi connectivity index (χ0) is 15.4. The summed E-state index contributed by atoms with van der Waals surface area (Å²) in [7, 11) is 0. The smallest absolute Gasteiger partial charge is 0.231 e. The van der Waals surface area contributed by atoms with Crippen LogP contribution in [0.2, 0.25) is 0 Å². The Morgan fingerprint density at radius 1 is 1.00 bits per heavy atom. The van der Waals surface area contributed by atoms with E-state index < -0.39 is 0 Å². The zero-order valence-corrected chi connectivity index (χ0v) is 11.9. The first-order chi connectivity index (χ1) is 11.3. The van der Waals surface area contributed by atoms with Gasteiger partial charge in [-0.05, 0) is 41.8 Å². The van der Waals surface area contributed by atoms with E-state index in [0.717, 1.165) is 39.3 Å². The van der Waals surface area contributed by atoms with Crippen LogP contribution in [-0.4, -0.2) is 17.0 Å². The average molecular weight is 309 g/mol. The van der Waals surface area contributed by atoms with Gasteiger partial charge >= 0.3 is 0 Å². The molecule has 5 nitrogen and oxygen atoms in total. The number of anilines is 2. The summed E-state index contributed by atoms with van der Waals surface area (Å²) >= 11 is 0. The molecule has 0 saturated heterocycles. The van der Waals surface area contributed by atoms with Gasteiger partial charge in [0.1, 0.15) is 11.6 Å². The Bertz CT molecular complexity index is 1000. The van der Waals surface area contributed by atoms with E-state index in [0.29, 0.717) is 5.69 Å². The van der Waals surface area contributed by atoms with Gasteiger partial charge in [0.15, 0.2) is 11.5 Å². The molecule has 2 aliphatic heterocycles. The number of ether oxygens (including phenoxy) is 2. The third-order valence-corrected chi connectivity index (χ3v) is 4.06. The second-order valence-electron chi connectivity index (χ2n) is 5.49. The van der Waals surface area contributed by atoms with E-state index in [1.165, 1.54) is 12.1 Å². The molecule has 2 aromatic carbocycles. The van der Waals surface area contributed by atoms with Crippen molar-refractivity contribution in [3.63, 3.8) is 0 Å². The van der Waals surface area contributed by atoms with Gasteiger partial charge in [0.05, 0.1) is 5.69 Å². The highest BCUT2D eigenvalue weighted by molar-refractivity contribution is 6.05. The van der Waals surface area contributed by atoms with E-state index in [2.05, 4.69) is 21.6 Å². The van der Waals surface area contributed by atoms with Crippen LogP contribution in [0.25, 0.3) is 22.0 Å². The van der Waals surface area contributed by atoms with Crippen molar-refractivity contribution in [2.45, 2.75) is 0 Å². The molecule has 0 spiro atoms. The highest BCUT2D eigenvalue weighted by atomic mass is 19.1.